The van der Waals surface area contributed by atoms with Crippen molar-refractivity contribution in [1.29, 1.82) is 0 Å². The molecule has 2 heterocycles. The van der Waals surface area contributed by atoms with Crippen LogP contribution in [0.15, 0.2) is 40.8 Å². The van der Waals surface area contributed by atoms with Gasteiger partial charge in [-0.3, -0.25) is 9.69 Å². The lowest BCUT2D eigenvalue weighted by Crippen LogP contribution is -2.37. The zero-order valence-electron chi connectivity index (χ0n) is 15.9. The molecule has 2 aromatic rings. The van der Waals surface area contributed by atoms with Gasteiger partial charge < -0.3 is 9.84 Å². The zero-order valence-corrected chi connectivity index (χ0v) is 16.7. The second kappa shape index (κ2) is 8.54. The summed E-state index contributed by atoms with van der Waals surface area (Å²) in [5, 5.41) is 18.7. The molecule has 1 amide bonds. The number of hydrogen-bond acceptors (Lipinski definition) is 6. The number of nitrogens with zero attached hydrogens (tertiary/aromatic N) is 3. The molecule has 27 heavy (non-hydrogen) atoms. The highest BCUT2D eigenvalue weighted by Gasteiger charge is 2.35. The van der Waals surface area contributed by atoms with E-state index in [-0.39, 0.29) is 17.7 Å². The molecule has 0 radical (unpaired) electrons. The van der Waals surface area contributed by atoms with E-state index in [1.165, 1.54) is 7.11 Å². The molecule has 0 saturated carbocycles. The molecule has 7 heteroatoms. The van der Waals surface area contributed by atoms with Crippen LogP contribution in [0.25, 0.3) is 0 Å². The Bertz CT molecular complexity index is 816. The SMILES string of the molecule is CCN(CC)CC(=O)N1N=C(c2cccc(OC)c2O)CC1c1cccs1. The second-order valence-electron chi connectivity index (χ2n) is 6.34. The molecule has 1 aromatic carbocycles. The van der Waals surface area contributed by atoms with E-state index in [1.807, 2.05) is 37.4 Å². The van der Waals surface area contributed by atoms with Crippen molar-refractivity contribution in [1.82, 2.24) is 9.91 Å². The lowest BCUT2D eigenvalue weighted by atomic mass is 10.0. The third kappa shape index (κ3) is 3.99. The van der Waals surface area contributed by atoms with E-state index in [2.05, 4.69) is 10.0 Å². The van der Waals surface area contributed by atoms with Crippen molar-refractivity contribution in [3.05, 3.63) is 46.2 Å². The fourth-order valence-electron chi connectivity index (χ4n) is 3.24. The predicted molar refractivity (Wildman–Crippen MR) is 108 cm³/mol. The van der Waals surface area contributed by atoms with Gasteiger partial charge in [-0.1, -0.05) is 26.0 Å². The number of rotatable bonds is 7. The number of methoxy groups -OCH3 is 1. The first-order valence-electron chi connectivity index (χ1n) is 9.10. The van der Waals surface area contributed by atoms with Gasteiger partial charge in [-0.05, 0) is 36.7 Å². The standard InChI is InChI=1S/C20H25N3O3S/c1-4-22(5-2)13-19(24)23-16(18-10-7-11-27-18)12-15(21-23)14-8-6-9-17(26-3)20(14)25/h6-11,16,25H,4-5,12-13H2,1-3H3. The van der Waals surface area contributed by atoms with Crippen LogP contribution in [0.1, 0.15) is 36.8 Å². The Kier molecular flexibility index (Phi) is 6.13. The normalized spacial score (nSPS) is 16.7. The van der Waals surface area contributed by atoms with E-state index in [4.69, 9.17) is 4.74 Å². The smallest absolute Gasteiger partial charge is 0.257 e. The van der Waals surface area contributed by atoms with Gasteiger partial charge in [0.1, 0.15) is 0 Å². The van der Waals surface area contributed by atoms with Gasteiger partial charge in [0.05, 0.1) is 25.4 Å². The molecule has 0 fully saturated rings. The number of ether oxygens (including phenoxy) is 1. The van der Waals surface area contributed by atoms with Gasteiger partial charge in [0.2, 0.25) is 0 Å². The number of amides is 1. The van der Waals surface area contributed by atoms with E-state index in [1.54, 1.807) is 28.5 Å². The molecule has 0 bridgehead atoms. The van der Waals surface area contributed by atoms with Crippen LogP contribution in [0.4, 0.5) is 0 Å². The van der Waals surface area contributed by atoms with Gasteiger partial charge in [0, 0.05) is 16.9 Å². The molecule has 1 aliphatic heterocycles. The maximum absolute atomic E-state index is 13.0. The monoisotopic (exact) mass is 387 g/mol. The molecule has 6 nitrogen and oxygen atoms in total. The minimum atomic E-state index is -0.145. The van der Waals surface area contributed by atoms with Crippen LogP contribution in [-0.4, -0.2) is 53.4 Å². The summed E-state index contributed by atoms with van der Waals surface area (Å²) in [4.78, 5) is 16.1. The molecule has 0 aliphatic carbocycles. The molecule has 3 rings (SSSR count). The number of benzene rings is 1. The van der Waals surface area contributed by atoms with Crippen LogP contribution in [0.2, 0.25) is 0 Å². The van der Waals surface area contributed by atoms with Crippen molar-refractivity contribution in [3.8, 4) is 11.5 Å². The lowest BCUT2D eigenvalue weighted by molar-refractivity contribution is -0.134. The van der Waals surface area contributed by atoms with E-state index in [0.717, 1.165) is 18.0 Å². The molecule has 0 spiro atoms. The quantitative estimate of drug-likeness (QED) is 0.790. The van der Waals surface area contributed by atoms with Crippen LogP contribution in [-0.2, 0) is 4.79 Å². The molecule has 144 valence electrons. The van der Waals surface area contributed by atoms with E-state index in [0.29, 0.717) is 30.0 Å². The fourth-order valence-corrected chi connectivity index (χ4v) is 4.05. The largest absolute Gasteiger partial charge is 0.504 e. The van der Waals surface area contributed by atoms with Crippen molar-refractivity contribution in [2.24, 2.45) is 5.10 Å². The number of thiophene rings is 1. The Morgan fingerprint density at radius 3 is 2.74 bits per heavy atom. The number of phenolic OH excluding ortho intramolecular Hbond substituents is 1. The van der Waals surface area contributed by atoms with Gasteiger partial charge in [-0.25, -0.2) is 5.01 Å². The summed E-state index contributed by atoms with van der Waals surface area (Å²) in [6.45, 7) is 6.04. The highest BCUT2D eigenvalue weighted by atomic mass is 32.1. The van der Waals surface area contributed by atoms with Crippen LogP contribution in [0.5, 0.6) is 11.5 Å². The van der Waals surface area contributed by atoms with Crippen molar-refractivity contribution >= 4 is 23.0 Å². The summed E-state index contributed by atoms with van der Waals surface area (Å²) in [5.74, 6) is 0.423. The van der Waals surface area contributed by atoms with Crippen molar-refractivity contribution < 1.29 is 14.6 Å². The Balaban J connectivity index is 1.93. The third-order valence-corrected chi connectivity index (χ3v) is 5.79. The second-order valence-corrected chi connectivity index (χ2v) is 7.32. The number of carbonyl (C=O) groups excluding carboxylic acids is 1. The maximum atomic E-state index is 13.0. The van der Waals surface area contributed by atoms with Crippen molar-refractivity contribution in [3.63, 3.8) is 0 Å². The van der Waals surface area contributed by atoms with Crippen LogP contribution < -0.4 is 4.74 Å². The van der Waals surface area contributed by atoms with E-state index >= 15 is 0 Å². The van der Waals surface area contributed by atoms with Crippen LogP contribution in [0.3, 0.4) is 0 Å². The Labute approximate surface area is 163 Å². The average Bonchev–Trinajstić information content (AvgIpc) is 3.35. The first-order chi connectivity index (χ1) is 13.1. The minimum absolute atomic E-state index is 0.0329. The summed E-state index contributed by atoms with van der Waals surface area (Å²) < 4.78 is 5.21. The molecular weight excluding hydrogens is 362 g/mol. The number of hydrogen-bond donors (Lipinski definition) is 1. The highest BCUT2D eigenvalue weighted by molar-refractivity contribution is 7.10. The third-order valence-electron chi connectivity index (χ3n) is 4.82. The van der Waals surface area contributed by atoms with Crippen molar-refractivity contribution in [2.75, 3.05) is 26.7 Å². The Morgan fingerprint density at radius 1 is 1.33 bits per heavy atom. The molecule has 1 N–H and O–H groups in total. The Morgan fingerprint density at radius 2 is 2.11 bits per heavy atom. The van der Waals surface area contributed by atoms with Crippen molar-refractivity contribution in [2.45, 2.75) is 26.3 Å². The van der Waals surface area contributed by atoms with E-state index in [9.17, 15) is 9.90 Å². The molecule has 1 atom stereocenters. The van der Waals surface area contributed by atoms with Gasteiger partial charge in [0.15, 0.2) is 11.5 Å². The average molecular weight is 388 g/mol. The fraction of sp³-hybridized carbons (Fsp3) is 0.400. The summed E-state index contributed by atoms with van der Waals surface area (Å²) in [5.41, 5.74) is 1.30. The molecule has 0 saturated heterocycles. The number of hydrazone groups is 1. The van der Waals surface area contributed by atoms with Gasteiger partial charge in [-0.2, -0.15) is 5.10 Å². The summed E-state index contributed by atoms with van der Waals surface area (Å²) >= 11 is 1.61. The lowest BCUT2D eigenvalue weighted by Gasteiger charge is -2.24. The number of carbonyl (C=O) groups is 1. The van der Waals surface area contributed by atoms with Gasteiger partial charge >= 0.3 is 0 Å². The van der Waals surface area contributed by atoms with E-state index < -0.39 is 0 Å². The number of aromatic hydroxyl groups is 1. The topological polar surface area (TPSA) is 65.4 Å². The van der Waals surface area contributed by atoms with Crippen LogP contribution >= 0.6 is 11.3 Å². The highest BCUT2D eigenvalue weighted by Crippen LogP contribution is 2.38. The Hall–Kier alpha value is -2.38. The zero-order chi connectivity index (χ0) is 19.4. The predicted octanol–water partition coefficient (Wildman–Crippen LogP) is 3.48. The summed E-state index contributed by atoms with van der Waals surface area (Å²) in [7, 11) is 1.52. The first kappa shape index (κ1) is 19.4. The summed E-state index contributed by atoms with van der Waals surface area (Å²) in [6, 6.07) is 9.19. The number of para-hydroxylation sites is 1. The minimum Gasteiger partial charge on any atom is -0.504 e. The van der Waals surface area contributed by atoms with Gasteiger partial charge in [0.25, 0.3) is 5.91 Å². The van der Waals surface area contributed by atoms with Gasteiger partial charge in [-0.15, -0.1) is 11.3 Å². The summed E-state index contributed by atoms with van der Waals surface area (Å²) in [6.07, 6.45) is 0.561. The van der Waals surface area contributed by atoms with Crippen LogP contribution in [0, 0.1) is 0 Å². The molecule has 1 unspecified atom stereocenters. The maximum Gasteiger partial charge on any atom is 0.257 e. The molecular formula is C20H25N3O3S. The first-order valence-corrected chi connectivity index (χ1v) is 9.98. The number of phenols is 1. The molecule has 1 aliphatic rings. The molecule has 1 aromatic heterocycles. The number of likely N-dealkylation sites (N-methyl/N-ethyl adjacent to an activating group) is 1.